The number of halogens is 1. The molecule has 3 aromatic carbocycles. The molecule has 0 bridgehead atoms. The lowest BCUT2D eigenvalue weighted by molar-refractivity contribution is 0.102. The van der Waals surface area contributed by atoms with E-state index < -0.39 is 0 Å². The van der Waals surface area contributed by atoms with Gasteiger partial charge in [-0.15, -0.1) is 0 Å². The maximum absolute atomic E-state index is 12.3. The van der Waals surface area contributed by atoms with Gasteiger partial charge in [0, 0.05) is 9.13 Å². The van der Waals surface area contributed by atoms with E-state index in [1.54, 1.807) is 0 Å². The summed E-state index contributed by atoms with van der Waals surface area (Å²) in [5.41, 5.74) is 1.51. The number of carbonyl (C=O) groups excluding carboxylic acids is 1. The van der Waals surface area contributed by atoms with Gasteiger partial charge in [0.1, 0.15) is 0 Å². The first kappa shape index (κ1) is 13.1. The average molecular weight is 373 g/mol. The van der Waals surface area contributed by atoms with Gasteiger partial charge in [-0.3, -0.25) is 4.79 Å². The minimum atomic E-state index is -0.0835. The van der Waals surface area contributed by atoms with E-state index in [0.717, 1.165) is 20.0 Å². The summed E-state index contributed by atoms with van der Waals surface area (Å²) >= 11 is 2.21. The van der Waals surface area contributed by atoms with Crippen molar-refractivity contribution in [3.8, 4) is 0 Å². The van der Waals surface area contributed by atoms with Gasteiger partial charge in [-0.2, -0.15) is 0 Å². The molecular formula is C17H12INO. The fraction of sp³-hybridized carbons (Fsp3) is 0. The van der Waals surface area contributed by atoms with E-state index in [1.807, 2.05) is 66.7 Å². The van der Waals surface area contributed by atoms with Crippen LogP contribution in [0, 0.1) is 3.57 Å². The molecule has 1 N–H and O–H groups in total. The van der Waals surface area contributed by atoms with Crippen molar-refractivity contribution >= 4 is 45.0 Å². The molecule has 0 aromatic heterocycles. The van der Waals surface area contributed by atoms with Crippen LogP contribution in [0.15, 0.2) is 66.7 Å². The van der Waals surface area contributed by atoms with Crippen LogP contribution in [-0.4, -0.2) is 5.91 Å². The number of benzene rings is 3. The van der Waals surface area contributed by atoms with Crippen molar-refractivity contribution in [3.05, 3.63) is 75.9 Å². The standard InChI is InChI=1S/C17H12INO/c18-15-7-3-4-8-16(15)19-17(20)14-10-9-12-5-1-2-6-13(12)11-14/h1-11H,(H,19,20). The first-order chi connectivity index (χ1) is 9.74. The van der Waals surface area contributed by atoms with Crippen LogP contribution >= 0.6 is 22.6 Å². The van der Waals surface area contributed by atoms with Gasteiger partial charge in [0.2, 0.25) is 0 Å². The quantitative estimate of drug-likeness (QED) is 0.649. The fourth-order valence-electron chi connectivity index (χ4n) is 2.09. The van der Waals surface area contributed by atoms with Crippen LogP contribution in [0.1, 0.15) is 10.4 Å². The Hall–Kier alpha value is -1.88. The Morgan fingerprint density at radius 2 is 1.55 bits per heavy atom. The van der Waals surface area contributed by atoms with Gasteiger partial charge in [-0.25, -0.2) is 0 Å². The maximum Gasteiger partial charge on any atom is 0.255 e. The number of hydrogen-bond acceptors (Lipinski definition) is 1. The van der Waals surface area contributed by atoms with Gasteiger partial charge in [-0.05, 0) is 57.6 Å². The largest absolute Gasteiger partial charge is 0.321 e. The van der Waals surface area contributed by atoms with Crippen LogP contribution in [0.5, 0.6) is 0 Å². The number of anilines is 1. The second-order valence-corrected chi connectivity index (χ2v) is 5.66. The molecule has 0 aliphatic carbocycles. The summed E-state index contributed by atoms with van der Waals surface area (Å²) in [6, 6.07) is 21.5. The maximum atomic E-state index is 12.3. The molecule has 0 radical (unpaired) electrons. The summed E-state index contributed by atoms with van der Waals surface area (Å²) in [6.07, 6.45) is 0. The Bertz CT molecular complexity index is 783. The molecule has 3 aromatic rings. The van der Waals surface area contributed by atoms with Gasteiger partial charge >= 0.3 is 0 Å². The van der Waals surface area contributed by atoms with E-state index in [-0.39, 0.29) is 5.91 Å². The summed E-state index contributed by atoms with van der Waals surface area (Å²) < 4.78 is 1.03. The zero-order valence-corrected chi connectivity index (χ0v) is 12.8. The van der Waals surface area contributed by atoms with Crippen LogP contribution < -0.4 is 5.32 Å². The van der Waals surface area contributed by atoms with Gasteiger partial charge < -0.3 is 5.32 Å². The number of amides is 1. The Labute approximate surface area is 131 Å². The van der Waals surface area contributed by atoms with Crippen molar-refractivity contribution in [2.75, 3.05) is 5.32 Å². The number of hydrogen-bond donors (Lipinski definition) is 1. The van der Waals surface area contributed by atoms with Gasteiger partial charge in [0.15, 0.2) is 0 Å². The molecule has 0 aliphatic heterocycles. The molecule has 0 fully saturated rings. The molecular weight excluding hydrogens is 361 g/mol. The summed E-state index contributed by atoms with van der Waals surface area (Å²) in [5.74, 6) is -0.0835. The van der Waals surface area contributed by atoms with Crippen molar-refractivity contribution in [1.29, 1.82) is 0 Å². The number of nitrogens with one attached hydrogen (secondary N) is 1. The fourth-order valence-corrected chi connectivity index (χ4v) is 2.61. The third-order valence-electron chi connectivity index (χ3n) is 3.13. The highest BCUT2D eigenvalue weighted by Crippen LogP contribution is 2.20. The summed E-state index contributed by atoms with van der Waals surface area (Å²) in [6.45, 7) is 0. The molecule has 3 rings (SSSR count). The first-order valence-electron chi connectivity index (χ1n) is 6.29. The topological polar surface area (TPSA) is 29.1 Å². The van der Waals surface area contributed by atoms with Crippen molar-refractivity contribution in [1.82, 2.24) is 0 Å². The number of rotatable bonds is 2. The van der Waals surface area contributed by atoms with Crippen LogP contribution in [-0.2, 0) is 0 Å². The van der Waals surface area contributed by atoms with E-state index in [4.69, 9.17) is 0 Å². The molecule has 98 valence electrons. The van der Waals surface area contributed by atoms with Crippen LogP contribution in [0.4, 0.5) is 5.69 Å². The zero-order chi connectivity index (χ0) is 13.9. The number of para-hydroxylation sites is 1. The predicted molar refractivity (Wildman–Crippen MR) is 91.1 cm³/mol. The minimum Gasteiger partial charge on any atom is -0.321 e. The second-order valence-electron chi connectivity index (χ2n) is 4.50. The number of fused-ring (bicyclic) bond motifs is 1. The Morgan fingerprint density at radius 3 is 2.35 bits per heavy atom. The lowest BCUT2D eigenvalue weighted by atomic mass is 10.1. The molecule has 0 saturated heterocycles. The van der Waals surface area contributed by atoms with Crippen molar-refractivity contribution in [2.45, 2.75) is 0 Å². The Kier molecular flexibility index (Phi) is 3.69. The lowest BCUT2D eigenvalue weighted by Crippen LogP contribution is -2.12. The predicted octanol–water partition coefficient (Wildman–Crippen LogP) is 4.70. The lowest BCUT2D eigenvalue weighted by Gasteiger charge is -2.08. The zero-order valence-electron chi connectivity index (χ0n) is 10.6. The highest BCUT2D eigenvalue weighted by atomic mass is 127. The van der Waals surface area contributed by atoms with Gasteiger partial charge in [-0.1, -0.05) is 42.5 Å². The van der Waals surface area contributed by atoms with Crippen LogP contribution in [0.2, 0.25) is 0 Å². The summed E-state index contributed by atoms with van der Waals surface area (Å²) in [5, 5.41) is 5.15. The summed E-state index contributed by atoms with van der Waals surface area (Å²) in [7, 11) is 0. The molecule has 20 heavy (non-hydrogen) atoms. The minimum absolute atomic E-state index is 0.0835. The summed E-state index contributed by atoms with van der Waals surface area (Å²) in [4.78, 5) is 12.3. The monoisotopic (exact) mass is 373 g/mol. The molecule has 0 heterocycles. The third-order valence-corrected chi connectivity index (χ3v) is 4.07. The van der Waals surface area contributed by atoms with E-state index in [9.17, 15) is 4.79 Å². The first-order valence-corrected chi connectivity index (χ1v) is 7.36. The Morgan fingerprint density at radius 1 is 0.850 bits per heavy atom. The second kappa shape index (κ2) is 5.63. The van der Waals surface area contributed by atoms with Crippen LogP contribution in [0.25, 0.3) is 10.8 Å². The molecule has 0 atom stereocenters. The third kappa shape index (κ3) is 2.67. The molecule has 0 saturated carbocycles. The molecule has 0 aliphatic rings. The average Bonchev–Trinajstić information content (AvgIpc) is 2.49. The Balaban J connectivity index is 1.91. The highest BCUT2D eigenvalue weighted by Gasteiger charge is 2.08. The van der Waals surface area contributed by atoms with Crippen molar-refractivity contribution in [2.24, 2.45) is 0 Å². The number of carbonyl (C=O) groups is 1. The SMILES string of the molecule is O=C(Nc1ccccc1I)c1ccc2ccccc2c1. The molecule has 0 spiro atoms. The van der Waals surface area contributed by atoms with E-state index >= 15 is 0 Å². The smallest absolute Gasteiger partial charge is 0.255 e. The molecule has 2 nitrogen and oxygen atoms in total. The van der Waals surface area contributed by atoms with Gasteiger partial charge in [0.25, 0.3) is 5.91 Å². The van der Waals surface area contributed by atoms with E-state index in [1.165, 1.54) is 0 Å². The van der Waals surface area contributed by atoms with Crippen molar-refractivity contribution in [3.63, 3.8) is 0 Å². The normalized spacial score (nSPS) is 10.4. The van der Waals surface area contributed by atoms with Crippen molar-refractivity contribution < 1.29 is 4.79 Å². The van der Waals surface area contributed by atoms with Gasteiger partial charge in [0.05, 0.1) is 5.69 Å². The molecule has 1 amide bonds. The van der Waals surface area contributed by atoms with E-state index in [2.05, 4.69) is 27.9 Å². The van der Waals surface area contributed by atoms with E-state index in [0.29, 0.717) is 5.56 Å². The van der Waals surface area contributed by atoms with Crippen LogP contribution in [0.3, 0.4) is 0 Å². The highest BCUT2D eigenvalue weighted by molar-refractivity contribution is 14.1. The molecule has 3 heteroatoms. The molecule has 0 unspecified atom stereocenters.